The number of aryl methyl sites for hydroxylation is 1. The average molecular weight is 611 g/mol. The summed E-state index contributed by atoms with van der Waals surface area (Å²) in [5, 5.41) is 0.958. The maximum absolute atomic E-state index is 13.4. The predicted molar refractivity (Wildman–Crippen MR) is 171 cm³/mol. The van der Waals surface area contributed by atoms with E-state index in [2.05, 4.69) is 34.1 Å². The van der Waals surface area contributed by atoms with Gasteiger partial charge in [0, 0.05) is 44.5 Å². The van der Waals surface area contributed by atoms with Crippen LogP contribution in [-0.2, 0) is 16.4 Å². The lowest BCUT2D eigenvalue weighted by atomic mass is 10.0. The van der Waals surface area contributed by atoms with Gasteiger partial charge in [0.25, 0.3) is 10.0 Å². The van der Waals surface area contributed by atoms with Crippen LogP contribution in [0, 0.1) is 0 Å². The van der Waals surface area contributed by atoms with Gasteiger partial charge < -0.3 is 14.5 Å². The Kier molecular flexibility index (Phi) is 7.24. The largest absolute Gasteiger partial charge is 0.423 e. The molecule has 2 aliphatic heterocycles. The molecule has 0 N–H and O–H groups in total. The Labute approximate surface area is 254 Å². The number of hydrogen-bond acceptors (Lipinski definition) is 8. The highest BCUT2D eigenvalue weighted by Crippen LogP contribution is 2.34. The molecule has 0 radical (unpaired) electrons. The monoisotopic (exact) mass is 610 g/mol. The number of aromatic nitrogens is 1. The summed E-state index contributed by atoms with van der Waals surface area (Å²) in [5.74, 6) is -0.128. The molecule has 0 bridgehead atoms. The van der Waals surface area contributed by atoms with Gasteiger partial charge in [0.15, 0.2) is 5.13 Å². The van der Waals surface area contributed by atoms with Gasteiger partial charge in [-0.3, -0.25) is 4.31 Å². The molecule has 218 valence electrons. The van der Waals surface area contributed by atoms with E-state index in [4.69, 9.17) is 9.72 Å². The van der Waals surface area contributed by atoms with Crippen LogP contribution in [0.3, 0.4) is 0 Å². The molecule has 8 nitrogen and oxygen atoms in total. The minimum Gasteiger partial charge on any atom is -0.423 e. The molecule has 1 saturated heterocycles. The van der Waals surface area contributed by atoms with E-state index in [0.717, 1.165) is 59.9 Å². The van der Waals surface area contributed by atoms with Crippen molar-refractivity contribution in [3.63, 3.8) is 0 Å². The molecule has 1 aromatic heterocycles. The van der Waals surface area contributed by atoms with Crippen molar-refractivity contribution in [2.45, 2.75) is 17.7 Å². The van der Waals surface area contributed by atoms with Gasteiger partial charge in [-0.05, 0) is 73.0 Å². The van der Waals surface area contributed by atoms with E-state index in [0.29, 0.717) is 18.0 Å². The number of carbonyl (C=O) groups excluding carboxylic acids is 1. The second-order valence-electron chi connectivity index (χ2n) is 10.7. The maximum atomic E-state index is 13.4. The molecule has 5 aromatic rings. The number of fused-ring (bicyclic) bond motifs is 2. The lowest BCUT2D eigenvalue weighted by Crippen LogP contribution is -2.46. The van der Waals surface area contributed by atoms with E-state index < -0.39 is 16.0 Å². The third-order valence-electron chi connectivity index (χ3n) is 7.98. The molecule has 3 heterocycles. The average Bonchev–Trinajstić information content (AvgIpc) is 3.48. The third kappa shape index (κ3) is 5.44. The lowest BCUT2D eigenvalue weighted by molar-refractivity contribution is 0.0735. The number of esters is 1. The molecule has 0 unspecified atom stereocenters. The first kappa shape index (κ1) is 27.4. The van der Waals surface area contributed by atoms with Crippen molar-refractivity contribution in [2.75, 3.05) is 46.8 Å². The fourth-order valence-electron chi connectivity index (χ4n) is 5.69. The van der Waals surface area contributed by atoms with Crippen LogP contribution in [0.1, 0.15) is 22.3 Å². The molecule has 0 aliphatic carbocycles. The van der Waals surface area contributed by atoms with E-state index in [9.17, 15) is 13.2 Å². The first-order valence-corrected chi connectivity index (χ1v) is 16.6. The van der Waals surface area contributed by atoms with Gasteiger partial charge >= 0.3 is 5.97 Å². The topological polar surface area (TPSA) is 83.0 Å². The molecule has 0 saturated carbocycles. The Morgan fingerprint density at radius 1 is 0.791 bits per heavy atom. The summed E-state index contributed by atoms with van der Waals surface area (Å²) in [6.07, 6.45) is 1.62. The van der Waals surface area contributed by atoms with Gasteiger partial charge in [0.2, 0.25) is 0 Å². The summed E-state index contributed by atoms with van der Waals surface area (Å²) in [4.78, 5) is 22.6. The van der Waals surface area contributed by atoms with Crippen molar-refractivity contribution in [1.82, 2.24) is 4.98 Å². The van der Waals surface area contributed by atoms with Crippen LogP contribution >= 0.6 is 11.3 Å². The Morgan fingerprint density at radius 3 is 2.30 bits per heavy atom. The molecule has 4 aromatic carbocycles. The highest BCUT2D eigenvalue weighted by Gasteiger charge is 2.29. The summed E-state index contributed by atoms with van der Waals surface area (Å²) in [5.41, 5.74) is 4.11. The summed E-state index contributed by atoms with van der Waals surface area (Å²) < 4.78 is 35.0. The lowest BCUT2D eigenvalue weighted by Gasteiger charge is -2.35. The second-order valence-corrected chi connectivity index (χ2v) is 13.5. The fourth-order valence-corrected chi connectivity index (χ4v) is 8.28. The van der Waals surface area contributed by atoms with E-state index in [1.54, 1.807) is 17.4 Å². The SMILES string of the molecule is O=C(Oc1ccc2nc(N3CCN(c4ccccc4)CC3)sc2c1)c1ccc(S(=O)(=O)N2CCCc3ccccc32)cc1. The van der Waals surface area contributed by atoms with Gasteiger partial charge in [-0.15, -0.1) is 0 Å². The van der Waals surface area contributed by atoms with Crippen LogP contribution in [0.25, 0.3) is 10.2 Å². The predicted octanol–water partition coefficient (Wildman–Crippen LogP) is 5.98. The summed E-state index contributed by atoms with van der Waals surface area (Å²) in [7, 11) is -3.76. The number of rotatable bonds is 6. The van der Waals surface area contributed by atoms with E-state index in [-0.39, 0.29) is 10.5 Å². The smallest absolute Gasteiger partial charge is 0.343 e. The number of ether oxygens (including phenoxy) is 1. The van der Waals surface area contributed by atoms with Crippen LogP contribution in [0.15, 0.2) is 102 Å². The Morgan fingerprint density at radius 2 is 1.51 bits per heavy atom. The number of hydrogen-bond donors (Lipinski definition) is 0. The number of para-hydroxylation sites is 2. The van der Waals surface area contributed by atoms with Gasteiger partial charge in [-0.1, -0.05) is 47.7 Å². The molecule has 0 atom stereocenters. The maximum Gasteiger partial charge on any atom is 0.343 e. The van der Waals surface area contributed by atoms with Crippen molar-refractivity contribution < 1.29 is 17.9 Å². The van der Waals surface area contributed by atoms with Crippen molar-refractivity contribution >= 4 is 54.1 Å². The number of benzene rings is 4. The molecular formula is C33H30N4O4S2. The number of carbonyl (C=O) groups is 1. The van der Waals surface area contributed by atoms with E-state index in [1.807, 2.05) is 42.5 Å². The van der Waals surface area contributed by atoms with E-state index in [1.165, 1.54) is 34.3 Å². The molecule has 7 rings (SSSR count). The van der Waals surface area contributed by atoms with Crippen LogP contribution < -0.4 is 18.8 Å². The molecular weight excluding hydrogens is 581 g/mol. The van der Waals surface area contributed by atoms with Crippen molar-refractivity contribution in [3.8, 4) is 5.75 Å². The van der Waals surface area contributed by atoms with Crippen LogP contribution in [0.2, 0.25) is 0 Å². The standard InChI is InChI=1S/C33H30N4O4S2/c38-32(25-12-15-28(16-13-25)43(39,40)37-18-6-8-24-7-4-5-11-30(24)37)41-27-14-17-29-31(23-27)42-33(34-29)36-21-19-35(20-22-36)26-9-2-1-3-10-26/h1-5,7,9-17,23H,6,8,18-22H2. The van der Waals surface area contributed by atoms with Gasteiger partial charge in [-0.25, -0.2) is 18.2 Å². The molecule has 0 spiro atoms. The fraction of sp³-hybridized carbons (Fsp3) is 0.212. The van der Waals surface area contributed by atoms with Crippen LogP contribution in [0.5, 0.6) is 5.75 Å². The second kappa shape index (κ2) is 11.3. The zero-order valence-corrected chi connectivity index (χ0v) is 25.1. The number of nitrogens with zero attached hydrogens (tertiary/aromatic N) is 4. The van der Waals surface area contributed by atoms with Gasteiger partial charge in [0.05, 0.1) is 26.4 Å². The molecule has 10 heteroatoms. The zero-order valence-electron chi connectivity index (χ0n) is 23.4. The van der Waals surface area contributed by atoms with Crippen molar-refractivity contribution in [1.29, 1.82) is 0 Å². The Hall–Kier alpha value is -4.41. The summed E-state index contributed by atoms with van der Waals surface area (Å²) >= 11 is 1.58. The molecule has 2 aliphatic rings. The van der Waals surface area contributed by atoms with Gasteiger partial charge in [0.1, 0.15) is 5.75 Å². The van der Waals surface area contributed by atoms with Crippen LogP contribution in [-0.4, -0.2) is 52.1 Å². The normalized spacial score (nSPS) is 15.4. The minimum atomic E-state index is -3.76. The number of thiazole rings is 1. The van der Waals surface area contributed by atoms with Crippen molar-refractivity contribution in [2.24, 2.45) is 0 Å². The summed E-state index contributed by atoms with van der Waals surface area (Å²) in [6, 6.07) is 29.4. The Balaban J connectivity index is 1.02. The molecule has 43 heavy (non-hydrogen) atoms. The van der Waals surface area contributed by atoms with Crippen LogP contribution in [0.4, 0.5) is 16.5 Å². The Bertz CT molecular complexity index is 1880. The minimum absolute atomic E-state index is 0.143. The molecule has 0 amide bonds. The zero-order chi connectivity index (χ0) is 29.4. The first-order chi connectivity index (χ1) is 21.0. The summed E-state index contributed by atoms with van der Waals surface area (Å²) in [6.45, 7) is 4.04. The quantitative estimate of drug-likeness (QED) is 0.173. The number of piperazine rings is 1. The first-order valence-electron chi connectivity index (χ1n) is 14.3. The van der Waals surface area contributed by atoms with E-state index >= 15 is 0 Å². The van der Waals surface area contributed by atoms with Gasteiger partial charge in [-0.2, -0.15) is 0 Å². The third-order valence-corrected chi connectivity index (χ3v) is 10.9. The number of sulfonamides is 1. The van der Waals surface area contributed by atoms with Crippen molar-refractivity contribution in [3.05, 3.63) is 108 Å². The highest BCUT2D eigenvalue weighted by atomic mass is 32.2. The highest BCUT2D eigenvalue weighted by molar-refractivity contribution is 7.92. The number of anilines is 3. The molecule has 1 fully saturated rings.